The Hall–Kier alpha value is -2.37. The Morgan fingerprint density at radius 2 is 1.67 bits per heavy atom. The first-order chi connectivity index (χ1) is 12.9. The summed E-state index contributed by atoms with van der Waals surface area (Å²) in [6.07, 6.45) is 1.24. The van der Waals surface area contributed by atoms with Crippen LogP contribution in [0.15, 0.2) is 48.5 Å². The average molecular weight is 388 g/mol. The lowest BCUT2D eigenvalue weighted by Gasteiger charge is -2.39. The molecule has 1 heterocycles. The van der Waals surface area contributed by atoms with Crippen LogP contribution < -0.4 is 0 Å². The highest BCUT2D eigenvalue weighted by molar-refractivity contribution is 6.30. The van der Waals surface area contributed by atoms with Crippen LogP contribution in [0, 0.1) is 0 Å². The third-order valence-corrected chi connectivity index (χ3v) is 5.37. The van der Waals surface area contributed by atoms with Gasteiger partial charge in [-0.25, -0.2) is 4.79 Å². The van der Waals surface area contributed by atoms with Crippen LogP contribution in [0.4, 0.5) is 0 Å². The van der Waals surface area contributed by atoms with Crippen LogP contribution in [0.5, 0.6) is 0 Å². The number of carboxylic acid groups (broad SMARTS) is 1. The normalized spacial score (nSPS) is 15.9. The maximum Gasteiger partial charge on any atom is 0.335 e. The molecule has 1 aliphatic heterocycles. The largest absolute Gasteiger partial charge is 0.478 e. The molecule has 0 bridgehead atoms. The summed E-state index contributed by atoms with van der Waals surface area (Å²) in [4.78, 5) is 26.1. The lowest BCUT2D eigenvalue weighted by Crippen LogP contribution is -2.48. The highest BCUT2D eigenvalue weighted by Crippen LogP contribution is 2.37. The Balaban J connectivity index is 1.83. The molecule has 1 amide bonds. The number of hydrogen-bond donors (Lipinski definition) is 1. The second-order valence-electron chi connectivity index (χ2n) is 6.86. The van der Waals surface area contributed by atoms with Crippen LogP contribution in [0.25, 0.3) is 0 Å². The molecule has 1 N–H and O–H groups in total. The van der Waals surface area contributed by atoms with Crippen LogP contribution in [-0.2, 0) is 21.5 Å². The number of rotatable bonds is 5. The van der Waals surface area contributed by atoms with E-state index in [2.05, 4.69) is 0 Å². The van der Waals surface area contributed by atoms with Crippen molar-refractivity contribution in [2.24, 2.45) is 0 Å². The molecule has 0 aromatic heterocycles. The summed E-state index contributed by atoms with van der Waals surface area (Å²) in [5, 5.41) is 9.65. The van der Waals surface area contributed by atoms with Crippen LogP contribution in [0.2, 0.25) is 5.02 Å². The first kappa shape index (κ1) is 19.4. The predicted molar refractivity (Wildman–Crippen MR) is 103 cm³/mol. The van der Waals surface area contributed by atoms with Gasteiger partial charge >= 0.3 is 5.97 Å². The third kappa shape index (κ3) is 4.15. The van der Waals surface area contributed by atoms with Gasteiger partial charge in [-0.3, -0.25) is 4.79 Å². The number of aromatic carboxylic acids is 1. The van der Waals surface area contributed by atoms with Gasteiger partial charge in [0.25, 0.3) is 0 Å². The average Bonchev–Trinajstić information content (AvgIpc) is 2.68. The number of carbonyl (C=O) groups excluding carboxylic acids is 1. The topological polar surface area (TPSA) is 66.8 Å². The van der Waals surface area contributed by atoms with Crippen molar-refractivity contribution < 1.29 is 19.4 Å². The highest BCUT2D eigenvalue weighted by atomic mass is 35.5. The molecule has 1 aliphatic rings. The van der Waals surface area contributed by atoms with E-state index in [0.717, 1.165) is 11.1 Å². The van der Waals surface area contributed by atoms with Crippen molar-refractivity contribution >= 4 is 23.5 Å². The summed E-state index contributed by atoms with van der Waals surface area (Å²) < 4.78 is 5.50. The van der Waals surface area contributed by atoms with Crippen molar-refractivity contribution in [1.82, 2.24) is 4.90 Å². The van der Waals surface area contributed by atoms with E-state index in [9.17, 15) is 9.59 Å². The van der Waals surface area contributed by atoms with E-state index in [1.807, 2.05) is 24.3 Å². The molecule has 1 saturated heterocycles. The van der Waals surface area contributed by atoms with Gasteiger partial charge < -0.3 is 14.7 Å². The van der Waals surface area contributed by atoms with Gasteiger partial charge in [0.1, 0.15) is 0 Å². The van der Waals surface area contributed by atoms with Crippen molar-refractivity contribution in [2.75, 3.05) is 20.3 Å². The second-order valence-corrected chi connectivity index (χ2v) is 7.30. The molecular weight excluding hydrogens is 366 g/mol. The maximum atomic E-state index is 13.4. The molecule has 0 unspecified atom stereocenters. The first-order valence-electron chi connectivity index (χ1n) is 8.84. The fraction of sp³-hybridized carbons (Fsp3) is 0.333. The number of ether oxygens (including phenoxy) is 1. The zero-order valence-corrected chi connectivity index (χ0v) is 15.9. The molecular formula is C21H22ClNO4. The smallest absolute Gasteiger partial charge is 0.335 e. The first-order valence-corrected chi connectivity index (χ1v) is 9.22. The summed E-state index contributed by atoms with van der Waals surface area (Å²) in [5.41, 5.74) is 1.44. The summed E-state index contributed by atoms with van der Waals surface area (Å²) >= 11 is 6.02. The number of carboxylic acids is 1. The molecule has 0 radical (unpaired) electrons. The number of amides is 1. The molecule has 0 spiro atoms. The molecule has 0 saturated carbocycles. The summed E-state index contributed by atoms with van der Waals surface area (Å²) in [6.45, 7) is 1.49. The van der Waals surface area contributed by atoms with Gasteiger partial charge in [0, 0.05) is 31.8 Å². The summed E-state index contributed by atoms with van der Waals surface area (Å²) in [5.74, 6) is -0.926. The SMILES string of the molecule is CN(Cc1ccc(C(=O)O)cc1)C(=O)C1(c2ccc(Cl)cc2)CCOCC1. The molecule has 2 aromatic rings. The van der Waals surface area contributed by atoms with E-state index in [1.165, 1.54) is 0 Å². The highest BCUT2D eigenvalue weighted by Gasteiger charge is 2.43. The van der Waals surface area contributed by atoms with E-state index in [4.69, 9.17) is 21.4 Å². The van der Waals surface area contributed by atoms with Gasteiger partial charge in [-0.1, -0.05) is 35.9 Å². The Kier molecular flexibility index (Phi) is 5.82. The van der Waals surface area contributed by atoms with Gasteiger partial charge in [-0.2, -0.15) is 0 Å². The molecule has 1 fully saturated rings. The number of likely N-dealkylation sites (N-methyl/N-ethyl adjacent to an activating group) is 1. The van der Waals surface area contributed by atoms with Crippen LogP contribution >= 0.6 is 11.6 Å². The fourth-order valence-corrected chi connectivity index (χ4v) is 3.70. The van der Waals surface area contributed by atoms with Gasteiger partial charge in [0.05, 0.1) is 11.0 Å². The fourth-order valence-electron chi connectivity index (χ4n) is 3.58. The predicted octanol–water partition coefficient (Wildman–Crippen LogP) is 3.75. The molecule has 2 aromatic carbocycles. The zero-order valence-electron chi connectivity index (χ0n) is 15.2. The summed E-state index contributed by atoms with van der Waals surface area (Å²) in [6, 6.07) is 14.1. The minimum Gasteiger partial charge on any atom is -0.478 e. The van der Waals surface area contributed by atoms with Gasteiger partial charge in [0.15, 0.2) is 0 Å². The van der Waals surface area contributed by atoms with Crippen molar-refractivity contribution in [3.63, 3.8) is 0 Å². The molecule has 3 rings (SSSR count). The van der Waals surface area contributed by atoms with E-state index < -0.39 is 11.4 Å². The van der Waals surface area contributed by atoms with Crippen LogP contribution in [-0.4, -0.2) is 42.1 Å². The standard InChI is InChI=1S/C21H22ClNO4/c1-23(14-15-2-4-16(5-3-15)19(24)25)20(26)21(10-12-27-13-11-21)17-6-8-18(22)9-7-17/h2-9H,10-14H2,1H3,(H,24,25). The lowest BCUT2D eigenvalue weighted by molar-refractivity contribution is -0.140. The molecule has 27 heavy (non-hydrogen) atoms. The lowest BCUT2D eigenvalue weighted by atomic mass is 9.73. The van der Waals surface area contributed by atoms with Crippen molar-refractivity contribution in [3.8, 4) is 0 Å². The van der Waals surface area contributed by atoms with Crippen molar-refractivity contribution in [3.05, 3.63) is 70.2 Å². The van der Waals surface area contributed by atoms with E-state index in [0.29, 0.717) is 37.6 Å². The summed E-state index contributed by atoms with van der Waals surface area (Å²) in [7, 11) is 1.78. The van der Waals surface area contributed by atoms with E-state index in [1.54, 1.807) is 36.2 Å². The quantitative estimate of drug-likeness (QED) is 0.848. The van der Waals surface area contributed by atoms with Gasteiger partial charge in [-0.05, 0) is 48.2 Å². The van der Waals surface area contributed by atoms with Crippen LogP contribution in [0.1, 0.15) is 34.3 Å². The zero-order chi connectivity index (χ0) is 19.4. The van der Waals surface area contributed by atoms with Crippen molar-refractivity contribution in [2.45, 2.75) is 24.8 Å². The Morgan fingerprint density at radius 3 is 2.22 bits per heavy atom. The van der Waals surface area contributed by atoms with Crippen molar-refractivity contribution in [1.29, 1.82) is 0 Å². The minimum absolute atomic E-state index is 0.0374. The van der Waals surface area contributed by atoms with Crippen LogP contribution in [0.3, 0.4) is 0 Å². The molecule has 142 valence electrons. The van der Waals surface area contributed by atoms with E-state index in [-0.39, 0.29) is 11.5 Å². The minimum atomic E-state index is -0.963. The van der Waals surface area contributed by atoms with Gasteiger partial charge in [-0.15, -0.1) is 0 Å². The number of carbonyl (C=O) groups is 2. The second kappa shape index (κ2) is 8.11. The number of nitrogens with zero attached hydrogens (tertiary/aromatic N) is 1. The Labute approximate surface area is 163 Å². The molecule has 6 heteroatoms. The van der Waals surface area contributed by atoms with Gasteiger partial charge in [0.2, 0.25) is 5.91 Å². The number of halogens is 1. The maximum absolute atomic E-state index is 13.4. The third-order valence-electron chi connectivity index (χ3n) is 5.12. The number of benzene rings is 2. The molecule has 0 atom stereocenters. The Morgan fingerprint density at radius 1 is 1.07 bits per heavy atom. The monoisotopic (exact) mass is 387 g/mol. The Bertz CT molecular complexity index is 811. The molecule has 5 nitrogen and oxygen atoms in total. The number of hydrogen-bond acceptors (Lipinski definition) is 3. The van der Waals surface area contributed by atoms with E-state index >= 15 is 0 Å². The molecule has 0 aliphatic carbocycles.